The maximum atomic E-state index is 13.7. The highest BCUT2D eigenvalue weighted by atomic mass is 16.8. The van der Waals surface area contributed by atoms with Crippen molar-refractivity contribution in [2.45, 2.75) is 89.8 Å². The molecule has 0 bridgehead atoms. The van der Waals surface area contributed by atoms with Gasteiger partial charge < -0.3 is 48.0 Å². The van der Waals surface area contributed by atoms with Crippen molar-refractivity contribution in [1.29, 1.82) is 0 Å². The van der Waals surface area contributed by atoms with Crippen LogP contribution in [0.2, 0.25) is 0 Å². The number of rotatable bonds is 13. The number of methoxy groups -OCH3 is 1. The Bertz CT molecular complexity index is 1730. The molecule has 17 nitrogen and oxygen atoms in total. The Morgan fingerprint density at radius 1 is 1.02 bits per heavy atom. The number of terminal acetylenes is 1. The van der Waals surface area contributed by atoms with Crippen molar-refractivity contribution in [3.05, 3.63) is 40.2 Å². The zero-order valence-corrected chi connectivity index (χ0v) is 28.0. The van der Waals surface area contributed by atoms with Gasteiger partial charge in [0.1, 0.15) is 24.0 Å². The van der Waals surface area contributed by atoms with Gasteiger partial charge in [0.05, 0.1) is 13.2 Å². The highest BCUT2D eigenvalue weighted by Gasteiger charge is 2.66. The second-order valence-corrected chi connectivity index (χ2v) is 11.1. The zero-order chi connectivity index (χ0) is 37.3. The summed E-state index contributed by atoms with van der Waals surface area (Å²) in [5, 5.41) is 14.9. The third-order valence-electron chi connectivity index (χ3n) is 7.27. The molecule has 1 aliphatic rings. The summed E-state index contributed by atoms with van der Waals surface area (Å²) < 4.78 is 43.8. The molecule has 3 rings (SSSR count). The molecular formula is C33H37NO16. The number of carbonyl (C=O) groups excluding carboxylic acids is 6. The van der Waals surface area contributed by atoms with E-state index in [-0.39, 0.29) is 24.2 Å². The summed E-state index contributed by atoms with van der Waals surface area (Å²) in [5.41, 5.74) is -0.138. The van der Waals surface area contributed by atoms with Gasteiger partial charge in [-0.3, -0.25) is 24.0 Å². The topological polar surface area (TPSA) is 229 Å². The molecule has 0 aliphatic carbocycles. The summed E-state index contributed by atoms with van der Waals surface area (Å²) in [5.74, 6) is -6.92. The summed E-state index contributed by atoms with van der Waals surface area (Å²) in [6.07, 6.45) is -4.74. The van der Waals surface area contributed by atoms with Gasteiger partial charge >= 0.3 is 41.3 Å². The molecule has 1 fully saturated rings. The molecule has 0 spiro atoms. The first-order valence-electron chi connectivity index (χ1n) is 15.1. The third-order valence-corrected chi connectivity index (χ3v) is 7.27. The molecule has 0 radical (unpaired) electrons. The quantitative estimate of drug-likeness (QED) is 0.124. The van der Waals surface area contributed by atoms with E-state index in [9.17, 15) is 38.7 Å². The van der Waals surface area contributed by atoms with Crippen LogP contribution in [0.25, 0.3) is 11.0 Å². The molecule has 0 saturated carbocycles. The Labute approximate surface area is 285 Å². The van der Waals surface area contributed by atoms with E-state index in [4.69, 9.17) is 44.0 Å². The number of benzene rings is 1. The van der Waals surface area contributed by atoms with Crippen LogP contribution in [0.4, 0.5) is 0 Å². The van der Waals surface area contributed by atoms with Crippen molar-refractivity contribution in [3.63, 3.8) is 0 Å². The van der Waals surface area contributed by atoms with Gasteiger partial charge in [-0.15, -0.1) is 12.3 Å². The molecule has 1 aliphatic heterocycles. The first-order valence-corrected chi connectivity index (χ1v) is 15.1. The van der Waals surface area contributed by atoms with Gasteiger partial charge in [0.2, 0.25) is 5.91 Å². The van der Waals surface area contributed by atoms with Crippen LogP contribution < -0.4 is 15.7 Å². The molecule has 1 aromatic heterocycles. The Balaban J connectivity index is 2.33. The number of esters is 5. The Morgan fingerprint density at radius 3 is 2.28 bits per heavy atom. The number of aliphatic hydroxyl groups is 1. The summed E-state index contributed by atoms with van der Waals surface area (Å²) in [6, 6.07) is 3.59. The second-order valence-electron chi connectivity index (χ2n) is 11.1. The fourth-order valence-electron chi connectivity index (χ4n) is 5.29. The lowest BCUT2D eigenvalue weighted by atomic mass is 9.85. The highest BCUT2D eigenvalue weighted by molar-refractivity contribution is 5.83. The number of aryl methyl sites for hydroxylation is 1. The normalized spacial score (nSPS) is 22.5. The number of amides is 1. The fraction of sp³-hybridized carbons (Fsp3) is 0.485. The lowest BCUT2D eigenvalue weighted by Crippen LogP contribution is -2.76. The molecule has 17 heteroatoms. The first-order chi connectivity index (χ1) is 23.5. The van der Waals surface area contributed by atoms with Gasteiger partial charge in [0.15, 0.2) is 24.4 Å². The molecule has 50 heavy (non-hydrogen) atoms. The van der Waals surface area contributed by atoms with E-state index < -0.39 is 90.3 Å². The van der Waals surface area contributed by atoms with Crippen LogP contribution in [0.5, 0.6) is 5.75 Å². The van der Waals surface area contributed by atoms with Crippen LogP contribution in [-0.4, -0.2) is 96.9 Å². The van der Waals surface area contributed by atoms with Crippen LogP contribution >= 0.6 is 0 Å². The van der Waals surface area contributed by atoms with Gasteiger partial charge in [-0.2, -0.15) is 0 Å². The van der Waals surface area contributed by atoms with E-state index in [0.29, 0.717) is 10.9 Å². The maximum Gasteiger partial charge on any atom is 0.382 e. The van der Waals surface area contributed by atoms with E-state index in [1.54, 1.807) is 6.92 Å². The predicted molar refractivity (Wildman–Crippen MR) is 167 cm³/mol. The maximum absolute atomic E-state index is 13.7. The Hall–Kier alpha value is -5.47. The predicted octanol–water partition coefficient (Wildman–Crippen LogP) is 0.366. The summed E-state index contributed by atoms with van der Waals surface area (Å²) in [4.78, 5) is 87.9. The van der Waals surface area contributed by atoms with Gasteiger partial charge in [-0.1, -0.05) is 0 Å². The van der Waals surface area contributed by atoms with Crippen LogP contribution in [0.15, 0.2) is 33.5 Å². The number of hydrogen-bond donors (Lipinski definition) is 2. The zero-order valence-electron chi connectivity index (χ0n) is 28.0. The first kappa shape index (κ1) is 39.0. The Morgan fingerprint density at radius 2 is 1.70 bits per heavy atom. The largest absolute Gasteiger partial charge is 0.464 e. The fourth-order valence-corrected chi connectivity index (χ4v) is 5.29. The minimum Gasteiger partial charge on any atom is -0.464 e. The van der Waals surface area contributed by atoms with Crippen molar-refractivity contribution in [2.75, 3.05) is 13.7 Å². The summed E-state index contributed by atoms with van der Waals surface area (Å²) in [7, 11) is 0.918. The Kier molecular flexibility index (Phi) is 13.1. The van der Waals surface area contributed by atoms with E-state index in [2.05, 4.69) is 11.2 Å². The van der Waals surface area contributed by atoms with Gasteiger partial charge in [-0.05, 0) is 24.6 Å². The number of aliphatic hydroxyl groups excluding tert-OH is 1. The standard InChI is InChI=1S/C33H37NO16/c1-8-9-10-25(39)34-27-29(28(46-19(5)37)24(45-18(4)36)15-44-17(3)35)50-33(32(42)43-7,31(41)30(27)47-20(6)38)49-21-11-12-22-16(2)13-26(40)48-23(22)14-21/h1,11-14,24,27-31,41H,9-10,15H2,2-7H3,(H,34,39)/t24-,27+,28-,29?,30?,31+,33-/m1/s1. The minimum atomic E-state index is -3.00. The molecule has 2 heterocycles. The average Bonchev–Trinajstić information content (AvgIpc) is 3.02. The summed E-state index contributed by atoms with van der Waals surface area (Å²) in [6.45, 7) is 4.91. The number of hydrogen-bond acceptors (Lipinski definition) is 16. The third kappa shape index (κ3) is 9.36. The minimum absolute atomic E-state index is 0.0126. The molecule has 1 aromatic carbocycles. The molecular weight excluding hydrogens is 666 g/mol. The van der Waals surface area contributed by atoms with E-state index in [1.165, 1.54) is 24.3 Å². The number of fused-ring (bicyclic) bond motifs is 1. The van der Waals surface area contributed by atoms with Crippen LogP contribution in [-0.2, 0) is 57.2 Å². The monoisotopic (exact) mass is 703 g/mol. The molecule has 2 aromatic rings. The van der Waals surface area contributed by atoms with Gasteiger partial charge in [0.25, 0.3) is 0 Å². The van der Waals surface area contributed by atoms with E-state index in [1.807, 2.05) is 0 Å². The van der Waals surface area contributed by atoms with Crippen LogP contribution in [0, 0.1) is 19.3 Å². The molecule has 7 atom stereocenters. The highest BCUT2D eigenvalue weighted by Crippen LogP contribution is 2.39. The molecule has 2 unspecified atom stereocenters. The molecule has 1 amide bonds. The average molecular weight is 704 g/mol. The molecule has 2 N–H and O–H groups in total. The van der Waals surface area contributed by atoms with Crippen molar-refractivity contribution < 1.29 is 71.4 Å². The van der Waals surface area contributed by atoms with Crippen molar-refractivity contribution in [1.82, 2.24) is 5.32 Å². The molecule has 1 saturated heterocycles. The van der Waals surface area contributed by atoms with Crippen molar-refractivity contribution >= 4 is 46.7 Å². The lowest BCUT2D eigenvalue weighted by Gasteiger charge is -2.50. The van der Waals surface area contributed by atoms with Crippen molar-refractivity contribution in [3.8, 4) is 18.1 Å². The van der Waals surface area contributed by atoms with Crippen LogP contribution in [0.1, 0.15) is 46.1 Å². The lowest BCUT2D eigenvalue weighted by molar-refractivity contribution is -0.325. The number of nitrogens with one attached hydrogen (secondary N) is 1. The second kappa shape index (κ2) is 16.8. The summed E-state index contributed by atoms with van der Waals surface area (Å²) >= 11 is 0. The van der Waals surface area contributed by atoms with E-state index in [0.717, 1.165) is 34.8 Å². The number of carbonyl (C=O) groups is 6. The SMILES string of the molecule is C#CCCC(=O)N[C@H]1C([C@H](OC(C)=O)[C@@H](COC(C)=O)OC(C)=O)O[C@@](Oc2ccc3c(C)cc(=O)oc3c2)(C(=O)OC)[C@@H](O)C1OC(C)=O. The van der Waals surface area contributed by atoms with E-state index >= 15 is 0 Å². The van der Waals surface area contributed by atoms with Crippen LogP contribution in [0.3, 0.4) is 0 Å². The van der Waals surface area contributed by atoms with Gasteiger partial charge in [0, 0.05) is 58.1 Å². The van der Waals surface area contributed by atoms with Crippen molar-refractivity contribution in [2.24, 2.45) is 0 Å². The smallest absolute Gasteiger partial charge is 0.382 e. The number of ether oxygens (including phenoxy) is 7. The van der Waals surface area contributed by atoms with Gasteiger partial charge in [-0.25, -0.2) is 9.59 Å². The molecule has 270 valence electrons.